The molecule has 0 aliphatic carbocycles. The van der Waals surface area contributed by atoms with Crippen LogP contribution in [-0.2, 0) is 0 Å². The summed E-state index contributed by atoms with van der Waals surface area (Å²) in [5.41, 5.74) is 3.12. The van der Waals surface area contributed by atoms with Gasteiger partial charge in [0, 0.05) is 62.0 Å². The third-order valence-electron chi connectivity index (χ3n) is 5.32. The van der Waals surface area contributed by atoms with Crippen LogP contribution < -0.4 is 10.2 Å². The smallest absolute Gasteiger partial charge is 0.253 e. The molecular formula is C20H23N3O. The highest BCUT2D eigenvalue weighted by molar-refractivity contribution is 5.94. The van der Waals surface area contributed by atoms with Crippen molar-refractivity contribution >= 4 is 17.3 Å². The van der Waals surface area contributed by atoms with E-state index >= 15 is 0 Å². The lowest BCUT2D eigenvalue weighted by atomic mass is 10.0. The lowest BCUT2D eigenvalue weighted by Gasteiger charge is -2.23. The number of fused-ring (bicyclic) bond motifs is 1. The first-order chi connectivity index (χ1) is 11.7. The zero-order chi connectivity index (χ0) is 16.5. The molecule has 2 fully saturated rings. The van der Waals surface area contributed by atoms with Gasteiger partial charge in [0.15, 0.2) is 0 Å². The molecule has 2 heterocycles. The van der Waals surface area contributed by atoms with Crippen LogP contribution in [0.5, 0.6) is 0 Å². The first-order valence-corrected chi connectivity index (χ1v) is 8.61. The van der Waals surface area contributed by atoms with Gasteiger partial charge in [-0.05, 0) is 36.4 Å². The minimum absolute atomic E-state index is 0.165. The summed E-state index contributed by atoms with van der Waals surface area (Å²) in [5, 5.41) is 3.09. The monoisotopic (exact) mass is 321 g/mol. The maximum Gasteiger partial charge on any atom is 0.253 e. The minimum Gasteiger partial charge on any atom is -0.388 e. The second-order valence-corrected chi connectivity index (χ2v) is 6.80. The highest BCUT2D eigenvalue weighted by atomic mass is 16.2. The molecule has 2 saturated heterocycles. The van der Waals surface area contributed by atoms with E-state index in [-0.39, 0.29) is 5.91 Å². The van der Waals surface area contributed by atoms with Crippen molar-refractivity contribution in [3.05, 3.63) is 60.2 Å². The number of benzene rings is 2. The number of anilines is 2. The van der Waals surface area contributed by atoms with Gasteiger partial charge >= 0.3 is 0 Å². The van der Waals surface area contributed by atoms with E-state index < -0.39 is 0 Å². The molecule has 2 unspecified atom stereocenters. The van der Waals surface area contributed by atoms with Gasteiger partial charge in [0.25, 0.3) is 5.91 Å². The van der Waals surface area contributed by atoms with Crippen LogP contribution >= 0.6 is 0 Å². The van der Waals surface area contributed by atoms with Crippen molar-refractivity contribution in [1.82, 2.24) is 4.90 Å². The molecule has 0 bridgehead atoms. The number of rotatable bonds is 3. The predicted octanol–water partition coefficient (Wildman–Crippen LogP) is 2.94. The van der Waals surface area contributed by atoms with Crippen LogP contribution in [0.4, 0.5) is 11.4 Å². The van der Waals surface area contributed by atoms with Crippen LogP contribution in [0.25, 0.3) is 0 Å². The molecule has 1 N–H and O–H groups in total. The van der Waals surface area contributed by atoms with Gasteiger partial charge in [-0.2, -0.15) is 0 Å². The van der Waals surface area contributed by atoms with Crippen LogP contribution in [-0.4, -0.2) is 44.0 Å². The van der Waals surface area contributed by atoms with E-state index in [2.05, 4.69) is 40.5 Å². The molecule has 2 atom stereocenters. The van der Waals surface area contributed by atoms with Crippen molar-refractivity contribution in [2.24, 2.45) is 11.8 Å². The molecule has 124 valence electrons. The summed E-state index contributed by atoms with van der Waals surface area (Å²) in [6.45, 7) is 3.86. The summed E-state index contributed by atoms with van der Waals surface area (Å²) < 4.78 is 0. The Morgan fingerprint density at radius 1 is 0.917 bits per heavy atom. The van der Waals surface area contributed by atoms with E-state index in [1.54, 1.807) is 0 Å². The number of amides is 1. The Bertz CT molecular complexity index is 699. The SMILES string of the molecule is CNc1ccc(C(=O)N2CC3CN(c4ccccc4)CC3C2)cc1. The number of carbonyl (C=O) groups is 1. The number of carbonyl (C=O) groups excluding carboxylic acids is 1. The first kappa shape index (κ1) is 15.1. The van der Waals surface area contributed by atoms with E-state index in [4.69, 9.17) is 0 Å². The fourth-order valence-electron chi connectivity index (χ4n) is 3.97. The average Bonchev–Trinajstić information content (AvgIpc) is 3.21. The largest absolute Gasteiger partial charge is 0.388 e. The number of hydrogen-bond acceptors (Lipinski definition) is 3. The van der Waals surface area contributed by atoms with E-state index in [9.17, 15) is 4.79 Å². The van der Waals surface area contributed by atoms with Gasteiger partial charge in [-0.3, -0.25) is 4.79 Å². The Morgan fingerprint density at radius 2 is 1.54 bits per heavy atom. The molecule has 0 spiro atoms. The minimum atomic E-state index is 0.165. The number of nitrogens with one attached hydrogen (secondary N) is 1. The van der Waals surface area contributed by atoms with Gasteiger partial charge in [0.2, 0.25) is 0 Å². The van der Waals surface area contributed by atoms with Gasteiger partial charge in [0.1, 0.15) is 0 Å². The van der Waals surface area contributed by atoms with Crippen molar-refractivity contribution in [1.29, 1.82) is 0 Å². The van der Waals surface area contributed by atoms with Crippen molar-refractivity contribution in [3.63, 3.8) is 0 Å². The lowest BCUT2D eigenvalue weighted by molar-refractivity contribution is 0.0782. The normalized spacial score (nSPS) is 22.5. The van der Waals surface area contributed by atoms with E-state index in [0.29, 0.717) is 11.8 Å². The average molecular weight is 321 g/mol. The standard InChI is InChI=1S/C20H23N3O/c1-21-18-9-7-15(8-10-18)20(24)23-13-16-11-22(12-17(16)14-23)19-5-3-2-4-6-19/h2-10,16-17,21H,11-14H2,1H3. The number of nitrogens with zero attached hydrogens (tertiary/aromatic N) is 2. The van der Waals surface area contributed by atoms with E-state index in [1.807, 2.05) is 36.2 Å². The highest BCUT2D eigenvalue weighted by Gasteiger charge is 2.41. The van der Waals surface area contributed by atoms with Crippen molar-refractivity contribution in [2.45, 2.75) is 0 Å². The van der Waals surface area contributed by atoms with Crippen LogP contribution in [0, 0.1) is 11.8 Å². The molecule has 0 saturated carbocycles. The summed E-state index contributed by atoms with van der Waals surface area (Å²) in [4.78, 5) is 17.2. The molecule has 0 radical (unpaired) electrons. The Morgan fingerprint density at radius 3 is 2.12 bits per heavy atom. The van der Waals surface area contributed by atoms with E-state index in [1.165, 1.54) is 5.69 Å². The van der Waals surface area contributed by atoms with Gasteiger partial charge in [0.05, 0.1) is 0 Å². The second kappa shape index (κ2) is 6.19. The molecule has 24 heavy (non-hydrogen) atoms. The van der Waals surface area contributed by atoms with Crippen molar-refractivity contribution < 1.29 is 4.79 Å². The number of para-hydroxylation sites is 1. The summed E-state index contributed by atoms with van der Waals surface area (Å²) in [6.07, 6.45) is 0. The molecular weight excluding hydrogens is 298 g/mol. The zero-order valence-corrected chi connectivity index (χ0v) is 14.0. The molecule has 0 aromatic heterocycles. The molecule has 1 amide bonds. The maximum atomic E-state index is 12.7. The molecule has 2 aromatic carbocycles. The molecule has 2 aliphatic rings. The maximum absolute atomic E-state index is 12.7. The van der Waals surface area contributed by atoms with Gasteiger partial charge in [-0.15, -0.1) is 0 Å². The first-order valence-electron chi connectivity index (χ1n) is 8.61. The molecule has 2 aliphatic heterocycles. The Balaban J connectivity index is 1.40. The molecule has 4 rings (SSSR count). The van der Waals surface area contributed by atoms with Crippen molar-refractivity contribution in [3.8, 4) is 0 Å². The van der Waals surface area contributed by atoms with Crippen LogP contribution in [0.2, 0.25) is 0 Å². The Labute approximate surface area is 143 Å². The van der Waals surface area contributed by atoms with Gasteiger partial charge in [-0.25, -0.2) is 0 Å². The summed E-state index contributed by atoms with van der Waals surface area (Å²) in [5.74, 6) is 1.34. The molecule has 2 aromatic rings. The molecule has 4 nitrogen and oxygen atoms in total. The molecule has 4 heteroatoms. The van der Waals surface area contributed by atoms with Crippen LogP contribution in [0.3, 0.4) is 0 Å². The zero-order valence-electron chi connectivity index (χ0n) is 14.0. The third-order valence-corrected chi connectivity index (χ3v) is 5.32. The second-order valence-electron chi connectivity index (χ2n) is 6.80. The van der Waals surface area contributed by atoms with Gasteiger partial charge < -0.3 is 15.1 Å². The lowest BCUT2D eigenvalue weighted by Crippen LogP contribution is -2.33. The summed E-state index contributed by atoms with van der Waals surface area (Å²) >= 11 is 0. The highest BCUT2D eigenvalue weighted by Crippen LogP contribution is 2.34. The van der Waals surface area contributed by atoms with E-state index in [0.717, 1.165) is 37.4 Å². The van der Waals surface area contributed by atoms with Crippen LogP contribution in [0.1, 0.15) is 10.4 Å². The van der Waals surface area contributed by atoms with Crippen LogP contribution in [0.15, 0.2) is 54.6 Å². The van der Waals surface area contributed by atoms with Crippen molar-refractivity contribution in [2.75, 3.05) is 43.4 Å². The predicted molar refractivity (Wildman–Crippen MR) is 97.5 cm³/mol. The fourth-order valence-corrected chi connectivity index (χ4v) is 3.97. The Hall–Kier alpha value is -2.49. The number of hydrogen-bond donors (Lipinski definition) is 1. The Kier molecular flexibility index (Phi) is 3.89. The summed E-state index contributed by atoms with van der Waals surface area (Å²) in [6, 6.07) is 18.3. The van der Waals surface area contributed by atoms with Gasteiger partial charge in [-0.1, -0.05) is 18.2 Å². The third kappa shape index (κ3) is 2.73. The fraction of sp³-hybridized carbons (Fsp3) is 0.350. The number of likely N-dealkylation sites (tertiary alicyclic amines) is 1. The topological polar surface area (TPSA) is 35.6 Å². The summed E-state index contributed by atoms with van der Waals surface area (Å²) in [7, 11) is 1.89. The quantitative estimate of drug-likeness (QED) is 0.944.